The van der Waals surface area contributed by atoms with Crippen LogP contribution < -0.4 is 22.1 Å². The SMILES string of the molecule is CC(NC(=O)C(N)CCCCN)C(=O)NC(CO)C(=O)O. The number of aliphatic carboxylic acids is 1. The van der Waals surface area contributed by atoms with Crippen LogP contribution in [-0.2, 0) is 14.4 Å². The third-order valence-electron chi connectivity index (χ3n) is 2.86. The molecule has 2 amide bonds. The number of rotatable bonds is 10. The Bertz CT molecular complexity index is 364. The highest BCUT2D eigenvalue weighted by molar-refractivity contribution is 5.91. The van der Waals surface area contributed by atoms with Crippen molar-refractivity contribution in [2.45, 2.75) is 44.3 Å². The zero-order valence-corrected chi connectivity index (χ0v) is 12.0. The van der Waals surface area contributed by atoms with Crippen LogP contribution in [0.15, 0.2) is 0 Å². The zero-order valence-electron chi connectivity index (χ0n) is 12.0. The van der Waals surface area contributed by atoms with Crippen LogP contribution >= 0.6 is 0 Å². The van der Waals surface area contributed by atoms with Crippen molar-refractivity contribution in [3.05, 3.63) is 0 Å². The van der Waals surface area contributed by atoms with Gasteiger partial charge in [0.05, 0.1) is 12.6 Å². The van der Waals surface area contributed by atoms with Crippen LogP contribution in [-0.4, -0.2) is 59.3 Å². The van der Waals surface area contributed by atoms with Crippen LogP contribution in [0.5, 0.6) is 0 Å². The fourth-order valence-corrected chi connectivity index (χ4v) is 1.51. The number of carboxylic acids is 1. The Balaban J connectivity index is 4.27. The van der Waals surface area contributed by atoms with E-state index in [4.69, 9.17) is 21.7 Å². The molecule has 0 aliphatic heterocycles. The molecular formula is C12H24N4O5. The average Bonchev–Trinajstić information content (AvgIpc) is 2.43. The number of carbonyl (C=O) groups is 3. The molecule has 0 aromatic heterocycles. The lowest BCUT2D eigenvalue weighted by atomic mass is 10.1. The van der Waals surface area contributed by atoms with Gasteiger partial charge in [-0.15, -0.1) is 0 Å². The average molecular weight is 304 g/mol. The van der Waals surface area contributed by atoms with Crippen molar-refractivity contribution in [3.8, 4) is 0 Å². The fourth-order valence-electron chi connectivity index (χ4n) is 1.51. The lowest BCUT2D eigenvalue weighted by Crippen LogP contribution is -2.54. The Morgan fingerprint density at radius 1 is 1.14 bits per heavy atom. The molecule has 0 fully saturated rings. The van der Waals surface area contributed by atoms with E-state index in [1.54, 1.807) is 0 Å². The zero-order chi connectivity index (χ0) is 16.4. The van der Waals surface area contributed by atoms with E-state index in [1.165, 1.54) is 6.92 Å². The van der Waals surface area contributed by atoms with E-state index in [0.29, 0.717) is 19.4 Å². The molecule has 0 aromatic carbocycles. The minimum absolute atomic E-state index is 0.450. The van der Waals surface area contributed by atoms with E-state index < -0.39 is 42.5 Å². The number of aliphatic hydroxyl groups excluding tert-OH is 1. The fraction of sp³-hybridized carbons (Fsp3) is 0.750. The summed E-state index contributed by atoms with van der Waals surface area (Å²) in [5.41, 5.74) is 11.0. The van der Waals surface area contributed by atoms with Crippen molar-refractivity contribution in [3.63, 3.8) is 0 Å². The molecule has 0 spiro atoms. The molecule has 0 saturated carbocycles. The Labute approximate surface area is 123 Å². The van der Waals surface area contributed by atoms with Crippen molar-refractivity contribution in [2.75, 3.05) is 13.2 Å². The minimum Gasteiger partial charge on any atom is -0.480 e. The maximum absolute atomic E-state index is 11.7. The summed E-state index contributed by atoms with van der Waals surface area (Å²) in [7, 11) is 0. The van der Waals surface area contributed by atoms with Gasteiger partial charge >= 0.3 is 5.97 Å². The van der Waals surface area contributed by atoms with Gasteiger partial charge in [-0.3, -0.25) is 9.59 Å². The van der Waals surface area contributed by atoms with Crippen molar-refractivity contribution in [1.82, 2.24) is 10.6 Å². The minimum atomic E-state index is -1.41. The molecule has 0 radical (unpaired) electrons. The highest BCUT2D eigenvalue weighted by atomic mass is 16.4. The number of unbranched alkanes of at least 4 members (excludes halogenated alkanes) is 1. The van der Waals surface area contributed by atoms with Crippen LogP contribution in [0.25, 0.3) is 0 Å². The molecule has 9 heteroatoms. The first kappa shape index (κ1) is 19.3. The van der Waals surface area contributed by atoms with Crippen LogP contribution in [0.3, 0.4) is 0 Å². The molecule has 0 aliphatic carbocycles. The predicted octanol–water partition coefficient (Wildman–Crippen LogP) is -2.49. The number of carboxylic acid groups (broad SMARTS) is 1. The number of hydrogen-bond donors (Lipinski definition) is 6. The molecule has 3 unspecified atom stereocenters. The third kappa shape index (κ3) is 7.59. The van der Waals surface area contributed by atoms with Crippen LogP contribution in [0.1, 0.15) is 26.2 Å². The van der Waals surface area contributed by atoms with E-state index in [-0.39, 0.29) is 0 Å². The molecule has 0 saturated heterocycles. The molecule has 3 atom stereocenters. The Morgan fingerprint density at radius 2 is 1.76 bits per heavy atom. The monoisotopic (exact) mass is 304 g/mol. The van der Waals surface area contributed by atoms with Crippen LogP contribution in [0, 0.1) is 0 Å². The van der Waals surface area contributed by atoms with Gasteiger partial charge in [0, 0.05) is 0 Å². The summed E-state index contributed by atoms with van der Waals surface area (Å²) in [6.07, 6.45) is 1.91. The second-order valence-electron chi connectivity index (χ2n) is 4.70. The lowest BCUT2D eigenvalue weighted by Gasteiger charge is -2.19. The summed E-state index contributed by atoms with van der Waals surface area (Å²) < 4.78 is 0. The first-order valence-electron chi connectivity index (χ1n) is 6.73. The number of amides is 2. The summed E-state index contributed by atoms with van der Waals surface area (Å²) in [4.78, 5) is 34.1. The van der Waals surface area contributed by atoms with Crippen LogP contribution in [0.4, 0.5) is 0 Å². The van der Waals surface area contributed by atoms with E-state index in [0.717, 1.165) is 6.42 Å². The van der Waals surface area contributed by atoms with Crippen molar-refractivity contribution in [2.24, 2.45) is 11.5 Å². The molecule has 0 aliphatic rings. The van der Waals surface area contributed by atoms with E-state index in [9.17, 15) is 14.4 Å². The molecule has 0 aromatic rings. The van der Waals surface area contributed by atoms with Gasteiger partial charge in [0.2, 0.25) is 11.8 Å². The number of nitrogens with one attached hydrogen (secondary N) is 2. The predicted molar refractivity (Wildman–Crippen MR) is 75.1 cm³/mol. The second-order valence-corrected chi connectivity index (χ2v) is 4.70. The quantitative estimate of drug-likeness (QED) is 0.243. The maximum Gasteiger partial charge on any atom is 0.328 e. The van der Waals surface area contributed by atoms with Crippen molar-refractivity contribution in [1.29, 1.82) is 0 Å². The molecule has 8 N–H and O–H groups in total. The number of hydrogen-bond acceptors (Lipinski definition) is 6. The maximum atomic E-state index is 11.7. The Hall–Kier alpha value is -1.71. The number of carbonyl (C=O) groups excluding carboxylic acids is 2. The first-order valence-corrected chi connectivity index (χ1v) is 6.73. The van der Waals surface area contributed by atoms with Gasteiger partial charge in [0.25, 0.3) is 0 Å². The standard InChI is InChI=1S/C12H24N4O5/c1-7(10(18)16-9(6-17)12(20)21)15-11(19)8(14)4-2-3-5-13/h7-9,17H,2-6,13-14H2,1H3,(H,15,19)(H,16,18)(H,20,21). The van der Waals surface area contributed by atoms with Gasteiger partial charge in [0.15, 0.2) is 0 Å². The molecule has 0 rings (SSSR count). The van der Waals surface area contributed by atoms with Gasteiger partial charge in [0.1, 0.15) is 12.1 Å². The normalized spacial score (nSPS) is 14.9. The number of aliphatic hydroxyl groups is 1. The van der Waals surface area contributed by atoms with Gasteiger partial charge in [-0.1, -0.05) is 6.42 Å². The molecular weight excluding hydrogens is 280 g/mol. The van der Waals surface area contributed by atoms with Gasteiger partial charge in [-0.25, -0.2) is 4.79 Å². The van der Waals surface area contributed by atoms with E-state index in [2.05, 4.69) is 10.6 Å². The van der Waals surface area contributed by atoms with Gasteiger partial charge in [-0.2, -0.15) is 0 Å². The Kier molecular flexibility index (Phi) is 9.26. The van der Waals surface area contributed by atoms with Crippen molar-refractivity contribution >= 4 is 17.8 Å². The first-order chi connectivity index (χ1) is 9.83. The largest absolute Gasteiger partial charge is 0.480 e. The highest BCUT2D eigenvalue weighted by Crippen LogP contribution is 1.99. The molecule has 122 valence electrons. The summed E-state index contributed by atoms with van der Waals surface area (Å²) >= 11 is 0. The summed E-state index contributed by atoms with van der Waals surface area (Å²) in [5, 5.41) is 22.0. The summed E-state index contributed by atoms with van der Waals surface area (Å²) in [6.45, 7) is 1.18. The van der Waals surface area contributed by atoms with E-state index >= 15 is 0 Å². The summed E-state index contributed by atoms with van der Waals surface area (Å²) in [5.74, 6) is -2.56. The lowest BCUT2D eigenvalue weighted by molar-refractivity contribution is -0.143. The smallest absolute Gasteiger partial charge is 0.328 e. The molecule has 0 bridgehead atoms. The highest BCUT2D eigenvalue weighted by Gasteiger charge is 2.24. The summed E-state index contributed by atoms with van der Waals surface area (Å²) in [6, 6.07) is -3.11. The van der Waals surface area contributed by atoms with Crippen LogP contribution in [0.2, 0.25) is 0 Å². The Morgan fingerprint density at radius 3 is 2.24 bits per heavy atom. The van der Waals surface area contributed by atoms with Gasteiger partial charge in [-0.05, 0) is 26.3 Å². The second kappa shape index (κ2) is 10.1. The number of nitrogens with two attached hydrogens (primary N) is 2. The van der Waals surface area contributed by atoms with Gasteiger partial charge < -0.3 is 32.3 Å². The van der Waals surface area contributed by atoms with E-state index in [1.807, 2.05) is 0 Å². The van der Waals surface area contributed by atoms with Crippen molar-refractivity contribution < 1.29 is 24.6 Å². The molecule has 0 heterocycles. The molecule has 21 heavy (non-hydrogen) atoms. The molecule has 9 nitrogen and oxygen atoms in total. The topological polar surface area (TPSA) is 168 Å². The third-order valence-corrected chi connectivity index (χ3v) is 2.86.